The molecule has 2 N–H and O–H groups in total. The number of rotatable bonds is 4. The first kappa shape index (κ1) is 18.0. The van der Waals surface area contributed by atoms with E-state index in [1.54, 1.807) is 31.2 Å². The molecule has 3 rings (SSSR count). The van der Waals surface area contributed by atoms with Gasteiger partial charge in [-0.05, 0) is 37.1 Å². The van der Waals surface area contributed by atoms with Crippen LogP contribution in [0.5, 0.6) is 0 Å². The van der Waals surface area contributed by atoms with Crippen molar-refractivity contribution in [3.63, 3.8) is 0 Å². The second kappa shape index (κ2) is 7.62. The minimum atomic E-state index is -0.591. The summed E-state index contributed by atoms with van der Waals surface area (Å²) < 4.78 is 5.47. The summed E-state index contributed by atoms with van der Waals surface area (Å²) in [6.07, 6.45) is 0. The number of carbonyl (C=O) groups excluding carboxylic acids is 2. The molecule has 0 spiro atoms. The van der Waals surface area contributed by atoms with Crippen molar-refractivity contribution in [2.45, 2.75) is 26.5 Å². The van der Waals surface area contributed by atoms with Gasteiger partial charge in [0.1, 0.15) is 6.61 Å². The topological polar surface area (TPSA) is 67.4 Å². The zero-order valence-electron chi connectivity index (χ0n) is 14.5. The molecular formula is C20H19ClN2O3. The summed E-state index contributed by atoms with van der Waals surface area (Å²) in [6, 6.07) is 13.8. The van der Waals surface area contributed by atoms with Crippen LogP contribution in [0.3, 0.4) is 0 Å². The van der Waals surface area contributed by atoms with Crippen molar-refractivity contribution in [2.75, 3.05) is 0 Å². The number of ether oxygens (including phenoxy) is 1. The highest BCUT2D eigenvalue weighted by Crippen LogP contribution is 2.28. The van der Waals surface area contributed by atoms with Crippen LogP contribution in [-0.4, -0.2) is 12.0 Å². The summed E-state index contributed by atoms with van der Waals surface area (Å²) in [7, 11) is 0. The molecule has 2 aromatic carbocycles. The Kier molecular flexibility index (Phi) is 5.28. The van der Waals surface area contributed by atoms with Gasteiger partial charge in [-0.1, -0.05) is 53.6 Å². The first-order valence-electron chi connectivity index (χ1n) is 8.20. The van der Waals surface area contributed by atoms with Crippen LogP contribution < -0.4 is 10.6 Å². The van der Waals surface area contributed by atoms with E-state index >= 15 is 0 Å². The molecule has 134 valence electrons. The fourth-order valence-electron chi connectivity index (χ4n) is 2.78. The fraction of sp³-hybridized carbons (Fsp3) is 0.200. The molecule has 26 heavy (non-hydrogen) atoms. The van der Waals surface area contributed by atoms with Gasteiger partial charge in [0.05, 0.1) is 11.6 Å². The number of amides is 2. The van der Waals surface area contributed by atoms with Gasteiger partial charge in [-0.25, -0.2) is 9.59 Å². The molecule has 2 aromatic rings. The van der Waals surface area contributed by atoms with E-state index in [9.17, 15) is 9.59 Å². The second-order valence-corrected chi connectivity index (χ2v) is 6.62. The van der Waals surface area contributed by atoms with Crippen molar-refractivity contribution >= 4 is 23.6 Å². The van der Waals surface area contributed by atoms with Crippen LogP contribution in [0.2, 0.25) is 5.02 Å². The van der Waals surface area contributed by atoms with E-state index in [4.69, 9.17) is 16.3 Å². The van der Waals surface area contributed by atoms with Gasteiger partial charge < -0.3 is 15.4 Å². The van der Waals surface area contributed by atoms with Gasteiger partial charge in [0.25, 0.3) is 0 Å². The molecule has 0 radical (unpaired) electrons. The molecule has 0 aliphatic carbocycles. The Balaban J connectivity index is 1.82. The van der Waals surface area contributed by atoms with Crippen molar-refractivity contribution < 1.29 is 14.3 Å². The molecule has 0 fully saturated rings. The molecule has 0 aromatic heterocycles. The smallest absolute Gasteiger partial charge is 0.338 e. The molecule has 1 atom stereocenters. The lowest BCUT2D eigenvalue weighted by Crippen LogP contribution is -2.45. The molecule has 0 saturated carbocycles. The van der Waals surface area contributed by atoms with Crippen molar-refractivity contribution in [3.05, 3.63) is 81.5 Å². The molecule has 1 aliphatic rings. The number of hydrogen-bond acceptors (Lipinski definition) is 3. The Bertz CT molecular complexity index is 858. The summed E-state index contributed by atoms with van der Waals surface area (Å²) in [5.74, 6) is -0.476. The van der Waals surface area contributed by atoms with Crippen molar-refractivity contribution in [2.24, 2.45) is 0 Å². The molecule has 1 heterocycles. The first-order valence-corrected chi connectivity index (χ1v) is 8.58. The molecular weight excluding hydrogens is 352 g/mol. The van der Waals surface area contributed by atoms with Gasteiger partial charge in [0.15, 0.2) is 0 Å². The molecule has 5 nitrogen and oxygen atoms in total. The average Bonchev–Trinajstić information content (AvgIpc) is 2.61. The van der Waals surface area contributed by atoms with E-state index in [1.807, 2.05) is 31.2 Å². The van der Waals surface area contributed by atoms with E-state index in [0.29, 0.717) is 16.3 Å². The fourth-order valence-corrected chi connectivity index (χ4v) is 2.91. The van der Waals surface area contributed by atoms with Gasteiger partial charge in [0.2, 0.25) is 0 Å². The number of nitrogens with one attached hydrogen (secondary N) is 2. The highest BCUT2D eigenvalue weighted by Gasteiger charge is 2.32. The number of esters is 1. The minimum absolute atomic E-state index is 0.164. The molecule has 6 heteroatoms. The quantitative estimate of drug-likeness (QED) is 0.799. The summed E-state index contributed by atoms with van der Waals surface area (Å²) in [4.78, 5) is 24.6. The molecule has 2 amide bonds. The number of allylic oxidation sites excluding steroid dienone is 1. The van der Waals surface area contributed by atoms with Crippen LogP contribution in [0, 0.1) is 6.92 Å². The Morgan fingerprint density at radius 1 is 1.08 bits per heavy atom. The summed E-state index contributed by atoms with van der Waals surface area (Å²) >= 11 is 5.93. The molecule has 0 bridgehead atoms. The Morgan fingerprint density at radius 2 is 1.73 bits per heavy atom. The van der Waals surface area contributed by atoms with Crippen LogP contribution in [0.25, 0.3) is 0 Å². The monoisotopic (exact) mass is 370 g/mol. The molecule has 0 saturated heterocycles. The van der Waals surface area contributed by atoms with Gasteiger partial charge in [-0.3, -0.25) is 0 Å². The number of urea groups is 1. The van der Waals surface area contributed by atoms with Crippen LogP contribution in [0.15, 0.2) is 59.8 Å². The van der Waals surface area contributed by atoms with Crippen LogP contribution in [0.4, 0.5) is 4.79 Å². The minimum Gasteiger partial charge on any atom is -0.457 e. The van der Waals surface area contributed by atoms with Gasteiger partial charge in [0, 0.05) is 10.7 Å². The van der Waals surface area contributed by atoms with Gasteiger partial charge >= 0.3 is 12.0 Å². The number of halogens is 1. The second-order valence-electron chi connectivity index (χ2n) is 6.18. The lowest BCUT2D eigenvalue weighted by molar-refractivity contribution is -0.140. The average molecular weight is 371 g/mol. The van der Waals surface area contributed by atoms with Crippen LogP contribution >= 0.6 is 11.6 Å². The predicted octanol–water partition coefficient (Wildman–Crippen LogP) is 4.02. The SMILES string of the molecule is CC1=C(C(=O)OCc2ccc(C)cc2)[C@@H](c2ccc(Cl)cc2)NC(=O)N1. The Labute approximate surface area is 157 Å². The number of aryl methyl sites for hydroxylation is 1. The van der Waals surface area contributed by atoms with Crippen molar-refractivity contribution in [1.29, 1.82) is 0 Å². The number of hydrogen-bond donors (Lipinski definition) is 2. The summed E-state index contributed by atoms with van der Waals surface area (Å²) in [5.41, 5.74) is 3.64. The zero-order chi connectivity index (χ0) is 18.7. The lowest BCUT2D eigenvalue weighted by atomic mass is 9.95. The molecule has 1 aliphatic heterocycles. The van der Waals surface area contributed by atoms with E-state index in [0.717, 1.165) is 16.7 Å². The van der Waals surface area contributed by atoms with E-state index in [-0.39, 0.29) is 12.6 Å². The predicted molar refractivity (Wildman–Crippen MR) is 99.5 cm³/mol. The highest BCUT2D eigenvalue weighted by molar-refractivity contribution is 6.30. The molecule has 0 unspecified atom stereocenters. The summed E-state index contributed by atoms with van der Waals surface area (Å²) in [5, 5.41) is 5.98. The normalized spacial score (nSPS) is 16.7. The number of benzene rings is 2. The standard InChI is InChI=1S/C20H19ClN2O3/c1-12-3-5-14(6-4-12)11-26-19(24)17-13(2)22-20(25)23-18(17)15-7-9-16(21)10-8-15/h3-10,18H,11H2,1-2H3,(H2,22,23,25)/t18-/m1/s1. The largest absolute Gasteiger partial charge is 0.457 e. The zero-order valence-corrected chi connectivity index (χ0v) is 15.3. The first-order chi connectivity index (χ1) is 12.4. The van der Waals surface area contributed by atoms with Crippen LogP contribution in [-0.2, 0) is 16.1 Å². The Morgan fingerprint density at radius 3 is 2.38 bits per heavy atom. The van der Waals surface area contributed by atoms with Crippen molar-refractivity contribution in [1.82, 2.24) is 10.6 Å². The van der Waals surface area contributed by atoms with E-state index in [2.05, 4.69) is 10.6 Å². The lowest BCUT2D eigenvalue weighted by Gasteiger charge is -2.28. The number of carbonyl (C=O) groups is 2. The van der Waals surface area contributed by atoms with Gasteiger partial charge in [-0.2, -0.15) is 0 Å². The van der Waals surface area contributed by atoms with E-state index < -0.39 is 12.0 Å². The van der Waals surface area contributed by atoms with E-state index in [1.165, 1.54) is 0 Å². The Hall–Kier alpha value is -2.79. The van der Waals surface area contributed by atoms with Crippen LogP contribution in [0.1, 0.15) is 29.7 Å². The maximum atomic E-state index is 12.7. The van der Waals surface area contributed by atoms with Crippen molar-refractivity contribution in [3.8, 4) is 0 Å². The van der Waals surface area contributed by atoms with Gasteiger partial charge in [-0.15, -0.1) is 0 Å². The maximum absolute atomic E-state index is 12.7. The third-order valence-electron chi connectivity index (χ3n) is 4.18. The summed E-state index contributed by atoms with van der Waals surface area (Å²) in [6.45, 7) is 3.85. The maximum Gasteiger partial charge on any atom is 0.338 e. The highest BCUT2D eigenvalue weighted by atomic mass is 35.5. The third-order valence-corrected chi connectivity index (χ3v) is 4.43. The third kappa shape index (κ3) is 4.06.